The van der Waals surface area contributed by atoms with E-state index in [2.05, 4.69) is 24.3 Å². The molecule has 0 aliphatic rings. The molecule has 0 radical (unpaired) electrons. The molecule has 0 bridgehead atoms. The van der Waals surface area contributed by atoms with Gasteiger partial charge in [0.25, 0.3) is 0 Å². The third-order valence-electron chi connectivity index (χ3n) is 5.30. The van der Waals surface area contributed by atoms with Crippen molar-refractivity contribution in [2.75, 3.05) is 0 Å². The molecule has 2 aromatic carbocycles. The maximum atomic E-state index is 12.8. The Morgan fingerprint density at radius 2 is 0.600 bits per heavy atom. The van der Waals surface area contributed by atoms with Gasteiger partial charge in [0.05, 0.1) is 0 Å². The normalized spacial score (nSPS) is 12.3. The van der Waals surface area contributed by atoms with Crippen LogP contribution in [0.3, 0.4) is 0 Å². The van der Waals surface area contributed by atoms with Gasteiger partial charge in [-0.25, -0.2) is 0 Å². The van der Waals surface area contributed by atoms with Crippen molar-refractivity contribution in [2.24, 2.45) is 0 Å². The van der Waals surface area contributed by atoms with Gasteiger partial charge in [-0.2, -0.15) is 0 Å². The number of rotatable bonds is 4. The van der Waals surface area contributed by atoms with Gasteiger partial charge >= 0.3 is 216 Å². The zero-order valence-corrected chi connectivity index (χ0v) is 22.7. The van der Waals surface area contributed by atoms with Crippen molar-refractivity contribution < 1.29 is 26.3 Å². The van der Waals surface area contributed by atoms with Gasteiger partial charge in [0.2, 0.25) is 0 Å². The standard InChI is InChI=1S/C26H14F6Se3/c27-25(28,29)17-5-1-15(2-6-17)19-9-11-21(33-19)23-13-14-24(35-23)22-12-10-20(34-22)16-3-7-18(8-4-16)26(30,31)32/h1-14H. The van der Waals surface area contributed by atoms with Crippen LogP contribution in [0.1, 0.15) is 11.1 Å². The summed E-state index contributed by atoms with van der Waals surface area (Å²) >= 11 is 0.166. The molecule has 0 unspecified atom stereocenters. The minimum atomic E-state index is -4.34. The van der Waals surface area contributed by atoms with Crippen molar-refractivity contribution in [3.63, 3.8) is 0 Å². The predicted molar refractivity (Wildman–Crippen MR) is 129 cm³/mol. The molecule has 5 rings (SSSR count). The summed E-state index contributed by atoms with van der Waals surface area (Å²) in [5.74, 6) is 0. The van der Waals surface area contributed by atoms with Crippen molar-refractivity contribution in [1.29, 1.82) is 0 Å². The third kappa shape index (κ3) is 5.41. The first-order chi connectivity index (χ1) is 16.6. The first-order valence-corrected chi connectivity index (χ1v) is 15.4. The van der Waals surface area contributed by atoms with E-state index < -0.39 is 23.5 Å². The van der Waals surface area contributed by atoms with Gasteiger partial charge in [-0.1, -0.05) is 0 Å². The SMILES string of the molecule is FC(F)(F)c1ccc(-c2ccc(-c3ccc(-c4ccc(-c5ccc(C(F)(F)F)cc5)[se]4)[se]3)[se]2)cc1. The summed E-state index contributed by atoms with van der Waals surface area (Å²) in [5.41, 5.74) is 0.339. The minimum absolute atomic E-state index is 0.0233. The Balaban J connectivity index is 1.34. The second-order valence-corrected chi connectivity index (χ2v) is 14.5. The Hall–Kier alpha value is -1.98. The number of hydrogen-bond acceptors (Lipinski definition) is 0. The van der Waals surface area contributed by atoms with Crippen LogP contribution in [0.4, 0.5) is 26.3 Å². The van der Waals surface area contributed by atoms with Gasteiger partial charge in [-0.05, 0) is 0 Å². The molecular weight excluding hydrogens is 663 g/mol. The molecule has 5 aromatic rings. The molecule has 3 aromatic heterocycles. The third-order valence-corrected chi connectivity index (χ3v) is 13.9. The molecular formula is C26H14F6Se3. The Morgan fingerprint density at radius 3 is 0.886 bits per heavy atom. The van der Waals surface area contributed by atoms with Gasteiger partial charge in [-0.3, -0.25) is 0 Å². The Labute approximate surface area is 215 Å². The molecule has 0 saturated carbocycles. The first kappa shape index (κ1) is 24.7. The fraction of sp³-hybridized carbons (Fsp3) is 0.0769. The molecule has 0 aliphatic heterocycles. The molecule has 0 fully saturated rings. The number of alkyl halides is 6. The van der Waals surface area contributed by atoms with Gasteiger partial charge in [0.15, 0.2) is 0 Å². The zero-order chi connectivity index (χ0) is 24.8. The van der Waals surface area contributed by atoms with Crippen LogP contribution in [0.2, 0.25) is 0 Å². The van der Waals surface area contributed by atoms with Crippen LogP contribution in [0.25, 0.3) is 37.8 Å². The maximum absolute atomic E-state index is 12.8. The summed E-state index contributed by atoms with van der Waals surface area (Å²) in [6.45, 7) is 0. The van der Waals surface area contributed by atoms with Gasteiger partial charge in [-0.15, -0.1) is 0 Å². The fourth-order valence-electron chi connectivity index (χ4n) is 3.50. The van der Waals surface area contributed by atoms with E-state index in [9.17, 15) is 26.3 Å². The average molecular weight is 677 g/mol. The Kier molecular flexibility index (Phi) is 6.69. The van der Waals surface area contributed by atoms with E-state index in [0.717, 1.165) is 44.3 Å². The molecule has 9 heteroatoms. The number of hydrogen-bond donors (Lipinski definition) is 0. The quantitative estimate of drug-likeness (QED) is 0.136. The molecule has 0 saturated heterocycles. The van der Waals surface area contributed by atoms with Crippen molar-refractivity contribution in [3.8, 4) is 37.8 Å². The second kappa shape index (κ2) is 9.48. The van der Waals surface area contributed by atoms with Crippen LogP contribution >= 0.6 is 0 Å². The molecule has 0 atom stereocenters. The molecule has 35 heavy (non-hydrogen) atoms. The van der Waals surface area contributed by atoms with E-state index >= 15 is 0 Å². The average Bonchev–Trinajstić information content (AvgIpc) is 3.58. The fourth-order valence-corrected chi connectivity index (χ4v) is 11.0. The Morgan fingerprint density at radius 1 is 0.343 bits per heavy atom. The zero-order valence-electron chi connectivity index (χ0n) is 17.6. The van der Waals surface area contributed by atoms with Crippen molar-refractivity contribution in [3.05, 3.63) is 96.1 Å². The summed E-state index contributed by atoms with van der Waals surface area (Å²) in [6, 6.07) is 23.0. The summed E-state index contributed by atoms with van der Waals surface area (Å²) in [4.78, 5) is 0. The van der Waals surface area contributed by atoms with E-state index in [0.29, 0.717) is 0 Å². The summed E-state index contributed by atoms with van der Waals surface area (Å²) < 4.78 is 84.1. The predicted octanol–water partition coefficient (Wildman–Crippen LogP) is 7.56. The number of halogens is 6. The van der Waals surface area contributed by atoms with E-state index in [1.54, 1.807) is 0 Å². The summed E-state index contributed by atoms with van der Waals surface area (Å²) in [7, 11) is 0. The van der Waals surface area contributed by atoms with Crippen molar-refractivity contribution in [1.82, 2.24) is 0 Å². The van der Waals surface area contributed by atoms with E-state index in [4.69, 9.17) is 0 Å². The molecule has 178 valence electrons. The van der Waals surface area contributed by atoms with Crippen LogP contribution in [0.15, 0.2) is 84.9 Å². The van der Waals surface area contributed by atoms with Crippen molar-refractivity contribution in [2.45, 2.75) is 12.4 Å². The van der Waals surface area contributed by atoms with E-state index in [1.807, 2.05) is 12.1 Å². The van der Waals surface area contributed by atoms with Crippen molar-refractivity contribution >= 4 is 43.5 Å². The van der Waals surface area contributed by atoms with Gasteiger partial charge in [0, 0.05) is 0 Å². The topological polar surface area (TPSA) is 0 Å². The second-order valence-electron chi connectivity index (χ2n) is 7.64. The molecule has 0 N–H and O–H groups in total. The molecule has 0 aliphatic carbocycles. The Bertz CT molecular complexity index is 1340. The van der Waals surface area contributed by atoms with Crippen LogP contribution in [0.5, 0.6) is 0 Å². The number of benzene rings is 2. The molecule has 0 amide bonds. The van der Waals surface area contributed by atoms with Crippen LogP contribution in [-0.4, -0.2) is 43.5 Å². The van der Waals surface area contributed by atoms with Gasteiger partial charge in [0.1, 0.15) is 0 Å². The monoisotopic (exact) mass is 680 g/mol. The first-order valence-electron chi connectivity index (χ1n) is 10.2. The molecule has 3 heterocycles. The van der Waals surface area contributed by atoms with E-state index in [-0.39, 0.29) is 43.5 Å². The van der Waals surface area contributed by atoms with E-state index in [1.165, 1.54) is 42.0 Å². The van der Waals surface area contributed by atoms with Crippen LogP contribution in [0, 0.1) is 0 Å². The summed E-state index contributed by atoms with van der Waals surface area (Å²) in [6.07, 6.45) is -8.68. The molecule has 0 nitrogen and oxygen atoms in total. The summed E-state index contributed by atoms with van der Waals surface area (Å²) in [5, 5.41) is 0. The van der Waals surface area contributed by atoms with Crippen LogP contribution < -0.4 is 0 Å². The molecule has 0 spiro atoms. The van der Waals surface area contributed by atoms with Crippen LogP contribution in [-0.2, 0) is 12.4 Å². The van der Waals surface area contributed by atoms with Gasteiger partial charge < -0.3 is 0 Å².